The second-order valence-electron chi connectivity index (χ2n) is 9.48. The number of nitriles is 1. The zero-order valence-corrected chi connectivity index (χ0v) is 23.9. The van der Waals surface area contributed by atoms with Crippen LogP contribution in [0.3, 0.4) is 0 Å². The Labute approximate surface area is 243 Å². The van der Waals surface area contributed by atoms with E-state index in [1.165, 1.54) is 72.8 Å². The van der Waals surface area contributed by atoms with Gasteiger partial charge in [-0.2, -0.15) is 19.1 Å². The minimum atomic E-state index is -3.20. The van der Waals surface area contributed by atoms with E-state index in [-0.39, 0.29) is 45.7 Å². The summed E-state index contributed by atoms with van der Waals surface area (Å²) in [5.41, 5.74) is 0.873. The van der Waals surface area contributed by atoms with Crippen molar-refractivity contribution in [2.45, 2.75) is 45.7 Å². The van der Waals surface area contributed by atoms with Crippen LogP contribution in [0.1, 0.15) is 71.3 Å². The van der Waals surface area contributed by atoms with Crippen LogP contribution in [0.25, 0.3) is 0 Å². The largest absolute Gasteiger partial charge is 0.495 e. The highest BCUT2D eigenvalue weighted by Crippen LogP contribution is 2.38. The summed E-state index contributed by atoms with van der Waals surface area (Å²) >= 11 is 0. The molecule has 2 heterocycles. The van der Waals surface area contributed by atoms with Gasteiger partial charge in [0.05, 0.1) is 36.6 Å². The maximum absolute atomic E-state index is 15.1. The van der Waals surface area contributed by atoms with Crippen LogP contribution in [0.4, 0.5) is 20.2 Å². The number of halogens is 2. The normalized spacial score (nSPS) is 16.0. The van der Waals surface area contributed by atoms with E-state index < -0.39 is 17.7 Å². The van der Waals surface area contributed by atoms with Gasteiger partial charge in [0.2, 0.25) is 0 Å². The summed E-state index contributed by atoms with van der Waals surface area (Å²) in [6, 6.07) is 18.9. The van der Waals surface area contributed by atoms with Gasteiger partial charge in [-0.15, -0.1) is 0 Å². The Kier molecular flexibility index (Phi) is 8.71. The van der Waals surface area contributed by atoms with Crippen molar-refractivity contribution in [2.24, 2.45) is 0 Å². The molecule has 2 atom stereocenters. The number of hydrogen-bond donors (Lipinski definition) is 1. The number of amides is 2. The number of aromatic nitrogens is 2. The van der Waals surface area contributed by atoms with Crippen molar-refractivity contribution in [1.29, 1.82) is 5.26 Å². The molecule has 2 unspecified atom stereocenters. The predicted octanol–water partition coefficient (Wildman–Crippen LogP) is 6.79. The van der Waals surface area contributed by atoms with E-state index in [0.29, 0.717) is 11.4 Å². The number of rotatable bonds is 6. The van der Waals surface area contributed by atoms with Crippen molar-refractivity contribution >= 4 is 23.2 Å². The zero-order valence-electron chi connectivity index (χ0n) is 23.9. The van der Waals surface area contributed by atoms with E-state index in [1.54, 1.807) is 22.9 Å². The smallest absolute Gasteiger partial charge is 0.298 e. The first-order valence-electron chi connectivity index (χ1n) is 13.5. The van der Waals surface area contributed by atoms with Crippen LogP contribution >= 0.6 is 0 Å². The van der Waals surface area contributed by atoms with Crippen LogP contribution in [0.2, 0.25) is 0 Å². The van der Waals surface area contributed by atoms with Gasteiger partial charge in [0.25, 0.3) is 17.7 Å². The molecule has 5 rings (SSSR count). The summed E-state index contributed by atoms with van der Waals surface area (Å²) in [7, 11) is 1.43. The number of benzene rings is 3. The molecule has 0 saturated carbocycles. The number of carbonyl (C=O) groups excluding carboxylic acids is 2. The minimum absolute atomic E-state index is 0.123. The molecule has 0 fully saturated rings. The molecule has 0 saturated heterocycles. The Morgan fingerprint density at radius 1 is 1.00 bits per heavy atom. The van der Waals surface area contributed by atoms with Gasteiger partial charge >= 0.3 is 0 Å². The lowest BCUT2D eigenvalue weighted by molar-refractivity contribution is 0.0428. The van der Waals surface area contributed by atoms with Crippen molar-refractivity contribution in [3.8, 4) is 11.8 Å². The van der Waals surface area contributed by atoms with Crippen molar-refractivity contribution in [2.75, 3.05) is 17.3 Å². The lowest BCUT2D eigenvalue weighted by Crippen LogP contribution is -2.49. The summed E-state index contributed by atoms with van der Waals surface area (Å²) in [6.07, 6.45) is 1.40. The molecule has 1 N–H and O–H groups in total. The van der Waals surface area contributed by atoms with Crippen molar-refractivity contribution < 1.29 is 23.1 Å². The SMILES string of the molecule is CC.COc1ccc(C(=O)Nc2cnn3c2C(=O)N(c2ccc(C(F)(F)c4ccccc4)cc2)C(C)C3C)cc1C#N. The van der Waals surface area contributed by atoms with Crippen LogP contribution in [0, 0.1) is 11.3 Å². The average Bonchev–Trinajstić information content (AvgIpc) is 3.45. The molecule has 2 amide bonds. The standard InChI is InChI=1S/C30H25F2N5O3.C2H6/c1-18-19(2)37-27(25(17-34-37)35-28(38)20-9-14-26(40-3)21(15-20)16-33)29(39)36(18)24-12-10-23(11-13-24)30(31,32)22-7-5-4-6-8-22;1-2/h4-15,17-19H,1-3H3,(H,35,38);1-2H3. The summed E-state index contributed by atoms with van der Waals surface area (Å²) in [4.78, 5) is 28.3. The van der Waals surface area contributed by atoms with Crippen LogP contribution < -0.4 is 15.0 Å². The molecular formula is C32H31F2N5O3. The van der Waals surface area contributed by atoms with Crippen LogP contribution in [0.5, 0.6) is 5.75 Å². The number of carbonyl (C=O) groups is 2. The Balaban J connectivity index is 0.00000198. The van der Waals surface area contributed by atoms with Gasteiger partial charge in [-0.1, -0.05) is 56.3 Å². The highest BCUT2D eigenvalue weighted by atomic mass is 19.3. The zero-order chi connectivity index (χ0) is 30.6. The van der Waals surface area contributed by atoms with E-state index in [4.69, 9.17) is 4.74 Å². The summed E-state index contributed by atoms with van der Waals surface area (Å²) in [5.74, 6) is -3.84. The number of ether oxygens (including phenoxy) is 1. The Hall–Kier alpha value is -5.04. The van der Waals surface area contributed by atoms with Gasteiger partial charge in [0.15, 0.2) is 5.69 Å². The monoisotopic (exact) mass is 571 g/mol. The highest BCUT2D eigenvalue weighted by molar-refractivity contribution is 6.13. The molecular weight excluding hydrogens is 540 g/mol. The Morgan fingerprint density at radius 3 is 2.26 bits per heavy atom. The lowest BCUT2D eigenvalue weighted by Gasteiger charge is -2.38. The lowest BCUT2D eigenvalue weighted by atomic mass is 9.99. The summed E-state index contributed by atoms with van der Waals surface area (Å²) in [5, 5.41) is 16.4. The van der Waals surface area contributed by atoms with Crippen molar-refractivity contribution in [1.82, 2.24) is 9.78 Å². The number of nitrogens with zero attached hydrogens (tertiary/aromatic N) is 4. The highest BCUT2D eigenvalue weighted by Gasteiger charge is 2.40. The van der Waals surface area contributed by atoms with E-state index in [0.717, 1.165) is 0 Å². The van der Waals surface area contributed by atoms with Crippen molar-refractivity contribution in [3.05, 3.63) is 107 Å². The predicted molar refractivity (Wildman–Crippen MR) is 156 cm³/mol. The maximum Gasteiger partial charge on any atom is 0.298 e. The number of fused-ring (bicyclic) bond motifs is 1. The van der Waals surface area contributed by atoms with Gasteiger partial charge in [0.1, 0.15) is 11.8 Å². The van der Waals surface area contributed by atoms with Crippen LogP contribution in [-0.4, -0.2) is 34.7 Å². The molecule has 4 aromatic rings. The fraction of sp³-hybridized carbons (Fsp3) is 0.250. The third kappa shape index (κ3) is 5.33. The first-order chi connectivity index (χ1) is 20.2. The molecule has 0 radical (unpaired) electrons. The molecule has 8 nitrogen and oxygen atoms in total. The first kappa shape index (κ1) is 29.9. The second-order valence-corrected chi connectivity index (χ2v) is 9.48. The van der Waals surface area contributed by atoms with Crippen LogP contribution in [0.15, 0.2) is 79.0 Å². The molecule has 42 heavy (non-hydrogen) atoms. The number of alkyl halides is 2. The van der Waals surface area contributed by atoms with Gasteiger partial charge in [-0.3, -0.25) is 14.3 Å². The Bertz CT molecular complexity index is 1630. The molecule has 0 bridgehead atoms. The second kappa shape index (κ2) is 12.2. The maximum atomic E-state index is 15.1. The molecule has 3 aromatic carbocycles. The Morgan fingerprint density at radius 2 is 1.64 bits per heavy atom. The molecule has 10 heteroatoms. The molecule has 216 valence electrons. The third-order valence-corrected chi connectivity index (χ3v) is 7.18. The number of nitrogens with one attached hydrogen (secondary N) is 1. The quantitative estimate of drug-likeness (QED) is 0.275. The fourth-order valence-corrected chi connectivity index (χ4v) is 4.82. The van der Waals surface area contributed by atoms with E-state index >= 15 is 8.78 Å². The molecule has 0 spiro atoms. The number of anilines is 2. The molecule has 1 aromatic heterocycles. The van der Waals surface area contributed by atoms with Crippen molar-refractivity contribution in [3.63, 3.8) is 0 Å². The summed E-state index contributed by atoms with van der Waals surface area (Å²) < 4.78 is 36.8. The molecule has 0 aliphatic carbocycles. The minimum Gasteiger partial charge on any atom is -0.495 e. The number of methoxy groups -OCH3 is 1. The number of hydrogen-bond acceptors (Lipinski definition) is 5. The topological polar surface area (TPSA) is 100 Å². The third-order valence-electron chi connectivity index (χ3n) is 7.18. The average molecular weight is 572 g/mol. The van der Waals surface area contributed by atoms with E-state index in [9.17, 15) is 14.9 Å². The van der Waals surface area contributed by atoms with Crippen LogP contribution in [-0.2, 0) is 5.92 Å². The summed E-state index contributed by atoms with van der Waals surface area (Å²) in [6.45, 7) is 7.73. The first-order valence-corrected chi connectivity index (χ1v) is 13.5. The van der Waals surface area contributed by atoms with E-state index in [2.05, 4.69) is 10.4 Å². The van der Waals surface area contributed by atoms with E-state index in [1.807, 2.05) is 33.8 Å². The fourth-order valence-electron chi connectivity index (χ4n) is 4.82. The van der Waals surface area contributed by atoms with Gasteiger partial charge in [-0.25, -0.2) is 0 Å². The van der Waals surface area contributed by atoms with Gasteiger partial charge in [-0.05, 0) is 44.2 Å². The molecule has 1 aliphatic heterocycles. The molecule has 1 aliphatic rings. The van der Waals surface area contributed by atoms with Gasteiger partial charge < -0.3 is 15.0 Å². The van der Waals surface area contributed by atoms with Gasteiger partial charge in [0, 0.05) is 22.4 Å².